The van der Waals surface area contributed by atoms with E-state index in [-0.39, 0.29) is 6.61 Å². The molecule has 0 atom stereocenters. The minimum absolute atomic E-state index is 0.0465. The Morgan fingerprint density at radius 3 is 2.65 bits per heavy atom. The molecule has 3 aromatic rings. The van der Waals surface area contributed by atoms with Crippen molar-refractivity contribution in [3.8, 4) is 0 Å². The van der Waals surface area contributed by atoms with Gasteiger partial charge in [0.05, 0.1) is 16.7 Å². The minimum atomic E-state index is -0.0465. The summed E-state index contributed by atoms with van der Waals surface area (Å²) < 4.78 is 2.14. The molecular formula is C16H19N3O. The Hall–Kier alpha value is -1.94. The average molecular weight is 269 g/mol. The molecule has 0 saturated heterocycles. The summed E-state index contributed by atoms with van der Waals surface area (Å²) in [6.45, 7) is 7.12. The first-order valence-electron chi connectivity index (χ1n) is 6.97. The number of para-hydroxylation sites is 1. The van der Waals surface area contributed by atoms with Crippen LogP contribution in [0.4, 0.5) is 0 Å². The van der Waals surface area contributed by atoms with Crippen LogP contribution in [0.3, 0.4) is 0 Å². The van der Waals surface area contributed by atoms with Crippen molar-refractivity contribution in [2.75, 3.05) is 0 Å². The van der Waals surface area contributed by atoms with Gasteiger partial charge in [-0.05, 0) is 18.9 Å². The van der Waals surface area contributed by atoms with Crippen molar-refractivity contribution < 1.29 is 5.11 Å². The molecule has 0 spiro atoms. The quantitative estimate of drug-likeness (QED) is 0.795. The number of benzene rings is 1. The van der Waals surface area contributed by atoms with Crippen LogP contribution in [0.25, 0.3) is 21.9 Å². The first-order chi connectivity index (χ1) is 9.61. The van der Waals surface area contributed by atoms with Gasteiger partial charge in [-0.15, -0.1) is 0 Å². The van der Waals surface area contributed by atoms with E-state index in [4.69, 9.17) is 0 Å². The zero-order valence-corrected chi connectivity index (χ0v) is 12.1. The van der Waals surface area contributed by atoms with E-state index in [0.717, 1.165) is 40.0 Å². The van der Waals surface area contributed by atoms with Crippen LogP contribution in [-0.2, 0) is 13.2 Å². The Morgan fingerprint density at radius 2 is 1.95 bits per heavy atom. The first-order valence-corrected chi connectivity index (χ1v) is 6.97. The van der Waals surface area contributed by atoms with Crippen molar-refractivity contribution in [1.29, 1.82) is 0 Å². The number of nitrogens with zero attached hydrogens (tertiary/aromatic N) is 3. The maximum absolute atomic E-state index is 9.59. The van der Waals surface area contributed by atoms with E-state index in [1.54, 1.807) is 0 Å². The van der Waals surface area contributed by atoms with Crippen LogP contribution in [0.2, 0.25) is 0 Å². The van der Waals surface area contributed by atoms with Gasteiger partial charge in [0.15, 0.2) is 0 Å². The smallest absolute Gasteiger partial charge is 0.135 e. The van der Waals surface area contributed by atoms with Gasteiger partial charge in [0.1, 0.15) is 17.9 Å². The summed E-state index contributed by atoms with van der Waals surface area (Å²) in [5.41, 5.74) is 3.88. The highest BCUT2D eigenvalue weighted by molar-refractivity contribution is 6.03. The average Bonchev–Trinajstić information content (AvgIpc) is 2.78. The molecule has 20 heavy (non-hydrogen) atoms. The molecule has 0 radical (unpaired) electrons. The molecule has 4 nitrogen and oxygen atoms in total. The van der Waals surface area contributed by atoms with E-state index in [0.29, 0.717) is 5.92 Å². The third kappa shape index (κ3) is 1.96. The van der Waals surface area contributed by atoms with Crippen LogP contribution in [0, 0.1) is 12.8 Å². The van der Waals surface area contributed by atoms with Crippen LogP contribution in [0.1, 0.15) is 25.4 Å². The number of aliphatic hydroxyl groups excluding tert-OH is 1. The van der Waals surface area contributed by atoms with Crippen LogP contribution in [0.5, 0.6) is 0 Å². The highest BCUT2D eigenvalue weighted by Crippen LogP contribution is 2.27. The maximum Gasteiger partial charge on any atom is 0.135 e. The zero-order valence-electron chi connectivity index (χ0n) is 12.1. The van der Waals surface area contributed by atoms with Crippen molar-refractivity contribution in [1.82, 2.24) is 14.5 Å². The van der Waals surface area contributed by atoms with Gasteiger partial charge in [0.2, 0.25) is 0 Å². The molecule has 1 aromatic carbocycles. The Kier molecular flexibility index (Phi) is 3.18. The number of hydrogen-bond donors (Lipinski definition) is 1. The van der Waals surface area contributed by atoms with E-state index < -0.39 is 0 Å². The molecule has 0 aliphatic rings. The van der Waals surface area contributed by atoms with Gasteiger partial charge in [0, 0.05) is 11.9 Å². The molecule has 1 N–H and O–H groups in total. The summed E-state index contributed by atoms with van der Waals surface area (Å²) in [6.07, 6.45) is 0. The fourth-order valence-electron chi connectivity index (χ4n) is 2.71. The van der Waals surface area contributed by atoms with E-state index >= 15 is 0 Å². The minimum Gasteiger partial charge on any atom is -0.388 e. The van der Waals surface area contributed by atoms with Crippen molar-refractivity contribution in [2.45, 2.75) is 33.9 Å². The summed E-state index contributed by atoms with van der Waals surface area (Å²) >= 11 is 0. The largest absolute Gasteiger partial charge is 0.388 e. The molecule has 0 amide bonds. The van der Waals surface area contributed by atoms with E-state index in [1.165, 1.54) is 0 Å². The molecule has 0 fully saturated rings. The lowest BCUT2D eigenvalue weighted by molar-refractivity contribution is 0.264. The number of fused-ring (bicyclic) bond motifs is 3. The molecular weight excluding hydrogens is 250 g/mol. The summed E-state index contributed by atoms with van der Waals surface area (Å²) in [7, 11) is 0. The topological polar surface area (TPSA) is 50.9 Å². The number of pyridine rings is 1. The first kappa shape index (κ1) is 13.1. The van der Waals surface area contributed by atoms with Crippen LogP contribution in [0.15, 0.2) is 24.3 Å². The van der Waals surface area contributed by atoms with Crippen molar-refractivity contribution >= 4 is 21.9 Å². The van der Waals surface area contributed by atoms with Gasteiger partial charge in [-0.2, -0.15) is 0 Å². The summed E-state index contributed by atoms with van der Waals surface area (Å²) in [6, 6.07) is 8.11. The van der Waals surface area contributed by atoms with E-state index in [2.05, 4.69) is 34.4 Å². The molecule has 0 aliphatic carbocycles. The summed E-state index contributed by atoms with van der Waals surface area (Å²) in [4.78, 5) is 9.20. The highest BCUT2D eigenvalue weighted by Gasteiger charge is 2.16. The Labute approximate surface area is 118 Å². The van der Waals surface area contributed by atoms with Crippen molar-refractivity contribution in [2.24, 2.45) is 5.92 Å². The molecule has 2 aromatic heterocycles. The number of rotatable bonds is 3. The summed E-state index contributed by atoms with van der Waals surface area (Å²) in [5, 5.41) is 10.7. The van der Waals surface area contributed by atoms with Gasteiger partial charge >= 0.3 is 0 Å². The third-order valence-electron chi connectivity index (χ3n) is 3.53. The predicted octanol–water partition coefficient (Wildman–Crippen LogP) is 3.04. The second-order valence-corrected chi connectivity index (χ2v) is 5.60. The molecule has 0 aliphatic heterocycles. The lowest BCUT2D eigenvalue weighted by Crippen LogP contribution is -2.08. The Bertz CT molecular complexity index is 774. The molecule has 0 saturated carbocycles. The molecule has 0 unspecified atom stereocenters. The Balaban J connectivity index is 2.44. The summed E-state index contributed by atoms with van der Waals surface area (Å²) in [5.74, 6) is 1.21. The van der Waals surface area contributed by atoms with E-state index in [1.807, 2.05) is 25.1 Å². The van der Waals surface area contributed by atoms with Gasteiger partial charge < -0.3 is 9.67 Å². The SMILES string of the molecule is Cc1nc2ccccc2c2c1nc(CO)n2CC(C)C. The van der Waals surface area contributed by atoms with Gasteiger partial charge in [-0.25, -0.2) is 4.98 Å². The number of aliphatic hydroxyl groups is 1. The lowest BCUT2D eigenvalue weighted by atomic mass is 10.1. The molecule has 3 rings (SSSR count). The van der Waals surface area contributed by atoms with Gasteiger partial charge in [0.25, 0.3) is 0 Å². The van der Waals surface area contributed by atoms with Crippen molar-refractivity contribution in [3.63, 3.8) is 0 Å². The van der Waals surface area contributed by atoms with Gasteiger partial charge in [-0.1, -0.05) is 32.0 Å². The standard InChI is InChI=1S/C16H19N3O/c1-10(2)8-19-14(9-20)18-15-11(3)17-13-7-5-4-6-12(13)16(15)19/h4-7,10,20H,8-9H2,1-3H3. The predicted molar refractivity (Wildman–Crippen MR) is 80.5 cm³/mol. The number of aromatic nitrogens is 3. The van der Waals surface area contributed by atoms with Crippen LogP contribution < -0.4 is 0 Å². The number of aryl methyl sites for hydroxylation is 1. The fourth-order valence-corrected chi connectivity index (χ4v) is 2.71. The Morgan fingerprint density at radius 1 is 1.20 bits per heavy atom. The zero-order chi connectivity index (χ0) is 14.3. The van der Waals surface area contributed by atoms with Gasteiger partial charge in [-0.3, -0.25) is 4.98 Å². The molecule has 0 bridgehead atoms. The molecule has 4 heteroatoms. The third-order valence-corrected chi connectivity index (χ3v) is 3.53. The van der Waals surface area contributed by atoms with E-state index in [9.17, 15) is 5.11 Å². The maximum atomic E-state index is 9.59. The second-order valence-electron chi connectivity index (χ2n) is 5.60. The van der Waals surface area contributed by atoms with Crippen LogP contribution >= 0.6 is 0 Å². The second kappa shape index (κ2) is 4.87. The normalized spacial score (nSPS) is 11.8. The molecule has 104 valence electrons. The number of imidazole rings is 1. The number of hydrogen-bond acceptors (Lipinski definition) is 3. The lowest BCUT2D eigenvalue weighted by Gasteiger charge is -2.12. The van der Waals surface area contributed by atoms with Crippen molar-refractivity contribution in [3.05, 3.63) is 35.8 Å². The fraction of sp³-hybridized carbons (Fsp3) is 0.375. The van der Waals surface area contributed by atoms with Crippen LogP contribution in [-0.4, -0.2) is 19.6 Å². The highest BCUT2D eigenvalue weighted by atomic mass is 16.3. The molecule has 2 heterocycles. The monoisotopic (exact) mass is 269 g/mol.